The smallest absolute Gasteiger partial charge is 0.332 e. The van der Waals surface area contributed by atoms with Gasteiger partial charge in [-0.3, -0.25) is 0 Å². The van der Waals surface area contributed by atoms with E-state index < -0.39 is 0 Å². The van der Waals surface area contributed by atoms with Crippen LogP contribution in [0, 0.1) is 0 Å². The Hall–Kier alpha value is -0.610. The standard InChI is InChI=1S/C9H17NO3/c1-2-12-9(11)7-13-8-4-3-5-10-6-8/h8,10H,2-7H2,1H3/t8-/m1/s1. The van der Waals surface area contributed by atoms with Gasteiger partial charge in [0.15, 0.2) is 0 Å². The zero-order valence-electron chi connectivity index (χ0n) is 8.04. The van der Waals surface area contributed by atoms with Gasteiger partial charge in [0.2, 0.25) is 0 Å². The van der Waals surface area contributed by atoms with Gasteiger partial charge in [-0.2, -0.15) is 0 Å². The molecule has 0 radical (unpaired) electrons. The normalized spacial score (nSPS) is 22.7. The third-order valence-corrected chi connectivity index (χ3v) is 1.99. The highest BCUT2D eigenvalue weighted by Crippen LogP contribution is 2.05. The van der Waals surface area contributed by atoms with Gasteiger partial charge in [-0.1, -0.05) is 0 Å². The van der Waals surface area contributed by atoms with Crippen molar-refractivity contribution < 1.29 is 14.3 Å². The molecule has 4 heteroatoms. The largest absolute Gasteiger partial charge is 0.464 e. The Morgan fingerprint density at radius 3 is 3.08 bits per heavy atom. The summed E-state index contributed by atoms with van der Waals surface area (Å²) >= 11 is 0. The second-order valence-corrected chi connectivity index (χ2v) is 3.08. The summed E-state index contributed by atoms with van der Waals surface area (Å²) in [5.74, 6) is -0.270. The van der Waals surface area contributed by atoms with Crippen LogP contribution in [0.1, 0.15) is 19.8 Å². The fourth-order valence-corrected chi connectivity index (χ4v) is 1.35. The van der Waals surface area contributed by atoms with E-state index in [4.69, 9.17) is 9.47 Å². The Kier molecular flexibility index (Phi) is 4.78. The Morgan fingerprint density at radius 1 is 1.62 bits per heavy atom. The number of ether oxygens (including phenoxy) is 2. The average molecular weight is 187 g/mol. The lowest BCUT2D eigenvalue weighted by Crippen LogP contribution is -2.36. The van der Waals surface area contributed by atoms with E-state index in [-0.39, 0.29) is 18.7 Å². The molecule has 0 saturated carbocycles. The Morgan fingerprint density at radius 2 is 2.46 bits per heavy atom. The van der Waals surface area contributed by atoms with Crippen LogP contribution < -0.4 is 5.32 Å². The predicted octanol–water partition coefficient (Wildman–Crippen LogP) is 0.318. The molecule has 1 aliphatic rings. The molecule has 0 aromatic rings. The molecule has 1 saturated heterocycles. The zero-order valence-corrected chi connectivity index (χ0v) is 8.04. The highest BCUT2D eigenvalue weighted by molar-refractivity contribution is 5.70. The van der Waals surface area contributed by atoms with Crippen molar-refractivity contribution in [2.45, 2.75) is 25.9 Å². The minimum absolute atomic E-state index is 0.0835. The van der Waals surface area contributed by atoms with Crippen molar-refractivity contribution in [2.24, 2.45) is 0 Å². The molecule has 1 rings (SSSR count). The van der Waals surface area contributed by atoms with E-state index in [1.54, 1.807) is 6.92 Å². The van der Waals surface area contributed by atoms with E-state index in [1.807, 2.05) is 0 Å². The molecule has 13 heavy (non-hydrogen) atoms. The van der Waals surface area contributed by atoms with Crippen LogP contribution in [-0.4, -0.2) is 38.4 Å². The van der Waals surface area contributed by atoms with Crippen LogP contribution in [-0.2, 0) is 14.3 Å². The monoisotopic (exact) mass is 187 g/mol. The third-order valence-electron chi connectivity index (χ3n) is 1.99. The highest BCUT2D eigenvalue weighted by Gasteiger charge is 2.14. The molecular formula is C9H17NO3. The lowest BCUT2D eigenvalue weighted by molar-refractivity contribution is -0.150. The van der Waals surface area contributed by atoms with E-state index in [0.29, 0.717) is 6.61 Å². The van der Waals surface area contributed by atoms with Crippen LogP contribution in [0.2, 0.25) is 0 Å². The first-order chi connectivity index (χ1) is 6.33. The molecule has 4 nitrogen and oxygen atoms in total. The summed E-state index contributed by atoms with van der Waals surface area (Å²) in [5, 5.41) is 3.21. The number of carbonyl (C=O) groups excluding carboxylic acids is 1. The van der Waals surface area contributed by atoms with E-state index in [1.165, 1.54) is 0 Å². The Bertz CT molecular complexity index is 155. The average Bonchev–Trinajstić information content (AvgIpc) is 2.17. The minimum Gasteiger partial charge on any atom is -0.464 e. The molecule has 1 aliphatic heterocycles. The maximum Gasteiger partial charge on any atom is 0.332 e. The van der Waals surface area contributed by atoms with Crippen LogP contribution in [0.4, 0.5) is 0 Å². The van der Waals surface area contributed by atoms with Gasteiger partial charge in [-0.15, -0.1) is 0 Å². The van der Waals surface area contributed by atoms with E-state index in [9.17, 15) is 4.79 Å². The van der Waals surface area contributed by atoms with E-state index >= 15 is 0 Å². The Balaban J connectivity index is 2.06. The fraction of sp³-hybridized carbons (Fsp3) is 0.889. The van der Waals surface area contributed by atoms with Gasteiger partial charge in [-0.05, 0) is 26.3 Å². The van der Waals surface area contributed by atoms with Gasteiger partial charge in [0, 0.05) is 6.54 Å². The van der Waals surface area contributed by atoms with Crippen molar-refractivity contribution >= 4 is 5.97 Å². The number of hydrogen-bond acceptors (Lipinski definition) is 4. The molecule has 0 aliphatic carbocycles. The summed E-state index contributed by atoms with van der Waals surface area (Å²) in [5.41, 5.74) is 0. The van der Waals surface area contributed by atoms with Gasteiger partial charge in [0.1, 0.15) is 6.61 Å². The van der Waals surface area contributed by atoms with Crippen LogP contribution >= 0.6 is 0 Å². The van der Waals surface area contributed by atoms with Gasteiger partial charge in [-0.25, -0.2) is 4.79 Å². The van der Waals surface area contributed by atoms with Crippen molar-refractivity contribution in [3.8, 4) is 0 Å². The number of piperidine rings is 1. The van der Waals surface area contributed by atoms with Crippen molar-refractivity contribution in [3.05, 3.63) is 0 Å². The first kappa shape index (κ1) is 10.5. The molecule has 1 fully saturated rings. The van der Waals surface area contributed by atoms with Crippen molar-refractivity contribution in [3.63, 3.8) is 0 Å². The lowest BCUT2D eigenvalue weighted by Gasteiger charge is -2.22. The number of esters is 1. The van der Waals surface area contributed by atoms with Crippen LogP contribution in [0.3, 0.4) is 0 Å². The molecule has 0 aromatic heterocycles. The topological polar surface area (TPSA) is 47.6 Å². The van der Waals surface area contributed by atoms with Crippen molar-refractivity contribution in [1.82, 2.24) is 5.32 Å². The van der Waals surface area contributed by atoms with Gasteiger partial charge >= 0.3 is 5.97 Å². The first-order valence-electron chi connectivity index (χ1n) is 4.81. The summed E-state index contributed by atoms with van der Waals surface area (Å²) in [6.07, 6.45) is 2.33. The fourth-order valence-electron chi connectivity index (χ4n) is 1.35. The quantitative estimate of drug-likeness (QED) is 0.644. The molecule has 0 aromatic carbocycles. The maximum absolute atomic E-state index is 10.9. The zero-order chi connectivity index (χ0) is 9.52. The van der Waals surface area contributed by atoms with Gasteiger partial charge in [0.25, 0.3) is 0 Å². The first-order valence-corrected chi connectivity index (χ1v) is 4.81. The van der Waals surface area contributed by atoms with Crippen LogP contribution in [0.15, 0.2) is 0 Å². The predicted molar refractivity (Wildman–Crippen MR) is 48.5 cm³/mol. The van der Waals surface area contributed by atoms with E-state index in [2.05, 4.69) is 5.32 Å². The molecule has 0 spiro atoms. The third kappa shape index (κ3) is 4.24. The Labute approximate surface area is 78.6 Å². The molecular weight excluding hydrogens is 170 g/mol. The minimum atomic E-state index is -0.270. The SMILES string of the molecule is CCOC(=O)CO[C@@H]1CCCNC1. The van der Waals surface area contributed by atoms with Gasteiger partial charge in [0.05, 0.1) is 12.7 Å². The summed E-state index contributed by atoms with van der Waals surface area (Å²) in [6.45, 7) is 4.20. The number of carbonyl (C=O) groups is 1. The molecule has 0 amide bonds. The summed E-state index contributed by atoms with van der Waals surface area (Å²) in [7, 11) is 0. The number of nitrogens with one attached hydrogen (secondary N) is 1. The molecule has 1 atom stereocenters. The van der Waals surface area contributed by atoms with Crippen molar-refractivity contribution in [2.75, 3.05) is 26.3 Å². The number of rotatable bonds is 4. The maximum atomic E-state index is 10.9. The molecule has 0 bridgehead atoms. The van der Waals surface area contributed by atoms with Crippen LogP contribution in [0.5, 0.6) is 0 Å². The molecule has 76 valence electrons. The van der Waals surface area contributed by atoms with Crippen LogP contribution in [0.25, 0.3) is 0 Å². The van der Waals surface area contributed by atoms with E-state index in [0.717, 1.165) is 25.9 Å². The molecule has 1 heterocycles. The highest BCUT2D eigenvalue weighted by atomic mass is 16.6. The molecule has 0 unspecified atom stereocenters. The number of hydrogen-bond donors (Lipinski definition) is 1. The second-order valence-electron chi connectivity index (χ2n) is 3.08. The van der Waals surface area contributed by atoms with Crippen molar-refractivity contribution in [1.29, 1.82) is 0 Å². The second kappa shape index (κ2) is 5.94. The summed E-state index contributed by atoms with van der Waals surface area (Å²) in [6, 6.07) is 0. The molecule has 1 N–H and O–H groups in total. The van der Waals surface area contributed by atoms with Gasteiger partial charge < -0.3 is 14.8 Å². The summed E-state index contributed by atoms with van der Waals surface area (Å²) < 4.78 is 10.1. The summed E-state index contributed by atoms with van der Waals surface area (Å²) in [4.78, 5) is 10.9. The lowest BCUT2D eigenvalue weighted by atomic mass is 10.1.